The Morgan fingerprint density at radius 3 is 1.77 bits per heavy atom. The van der Waals surface area contributed by atoms with Gasteiger partial charge in [-0.2, -0.15) is 5.26 Å². The summed E-state index contributed by atoms with van der Waals surface area (Å²) in [6.45, 7) is 0. The molecule has 200 valence electrons. The van der Waals surface area contributed by atoms with E-state index in [4.69, 9.17) is 14.2 Å². The lowest BCUT2D eigenvalue weighted by molar-refractivity contribution is -0.158. The van der Waals surface area contributed by atoms with Crippen molar-refractivity contribution in [2.75, 3.05) is 14.2 Å². The molecule has 4 aromatic rings. The first-order valence-corrected chi connectivity index (χ1v) is 12.8. The molecule has 0 bridgehead atoms. The Kier molecular flexibility index (Phi) is 7.52. The van der Waals surface area contributed by atoms with Crippen LogP contribution in [0.5, 0.6) is 17.2 Å². The second-order valence-electron chi connectivity index (χ2n) is 9.54. The Hall–Kier alpha value is -5.09. The van der Waals surface area contributed by atoms with Gasteiger partial charge in [0.05, 0.1) is 31.6 Å². The van der Waals surface area contributed by atoms with Crippen LogP contribution in [0, 0.1) is 23.2 Å². The predicted molar refractivity (Wildman–Crippen MR) is 148 cm³/mol. The number of carboxylic acids is 1. The van der Waals surface area contributed by atoms with Crippen molar-refractivity contribution in [1.29, 1.82) is 5.26 Å². The number of benzene rings is 4. The van der Waals surface area contributed by atoms with Crippen LogP contribution in [0.4, 0.5) is 0 Å². The first kappa shape index (κ1) is 26.5. The zero-order valence-electron chi connectivity index (χ0n) is 22.0. The summed E-state index contributed by atoms with van der Waals surface area (Å²) < 4.78 is 17.0. The van der Waals surface area contributed by atoms with Crippen molar-refractivity contribution in [3.8, 4) is 34.4 Å². The molecule has 40 heavy (non-hydrogen) atoms. The number of aliphatic carboxylic acids is 1. The Morgan fingerprint density at radius 1 is 0.700 bits per heavy atom. The van der Waals surface area contributed by atoms with Crippen LogP contribution in [0.1, 0.15) is 28.5 Å². The molecule has 7 nitrogen and oxygen atoms in total. The zero-order chi connectivity index (χ0) is 28.2. The molecule has 0 aromatic heterocycles. The average Bonchev–Trinajstić information content (AvgIpc) is 2.97. The molecule has 0 amide bonds. The fourth-order valence-corrected chi connectivity index (χ4v) is 5.69. The maximum absolute atomic E-state index is 14.0. The van der Waals surface area contributed by atoms with Gasteiger partial charge < -0.3 is 19.3 Å². The molecule has 1 aliphatic carbocycles. The molecule has 0 heterocycles. The van der Waals surface area contributed by atoms with Gasteiger partial charge in [0, 0.05) is 11.8 Å². The van der Waals surface area contributed by atoms with Crippen molar-refractivity contribution >= 4 is 11.9 Å². The molecule has 0 spiro atoms. The Bertz CT molecular complexity index is 1540. The highest BCUT2D eigenvalue weighted by Gasteiger charge is 2.60. The monoisotopic (exact) mass is 533 g/mol. The van der Waals surface area contributed by atoms with E-state index in [9.17, 15) is 20.0 Å². The number of carbonyl (C=O) groups is 2. The quantitative estimate of drug-likeness (QED) is 0.217. The van der Waals surface area contributed by atoms with Gasteiger partial charge in [-0.3, -0.25) is 9.59 Å². The summed E-state index contributed by atoms with van der Waals surface area (Å²) >= 11 is 0. The van der Waals surface area contributed by atoms with Crippen molar-refractivity contribution < 1.29 is 28.9 Å². The van der Waals surface area contributed by atoms with Gasteiger partial charge in [0.15, 0.2) is 0 Å². The van der Waals surface area contributed by atoms with Gasteiger partial charge in [-0.1, -0.05) is 72.8 Å². The highest BCUT2D eigenvalue weighted by atomic mass is 16.5. The molecular formula is C33H27NO6. The number of esters is 1. The third kappa shape index (κ3) is 4.76. The van der Waals surface area contributed by atoms with Crippen molar-refractivity contribution in [2.45, 2.75) is 11.8 Å². The minimum Gasteiger partial charge on any atom is -0.496 e. The van der Waals surface area contributed by atoms with E-state index in [2.05, 4.69) is 6.07 Å². The molecule has 1 fully saturated rings. The number of hydrogen-bond acceptors (Lipinski definition) is 6. The summed E-state index contributed by atoms with van der Waals surface area (Å²) in [4.78, 5) is 26.7. The van der Waals surface area contributed by atoms with Gasteiger partial charge in [-0.05, 0) is 46.5 Å². The molecule has 1 saturated carbocycles. The van der Waals surface area contributed by atoms with E-state index in [0.29, 0.717) is 22.6 Å². The van der Waals surface area contributed by atoms with Crippen molar-refractivity contribution in [3.63, 3.8) is 0 Å². The number of nitriles is 1. The molecule has 0 unspecified atom stereocenters. The minimum absolute atomic E-state index is 0.116. The highest BCUT2D eigenvalue weighted by molar-refractivity contribution is 5.87. The van der Waals surface area contributed by atoms with Crippen LogP contribution in [0.3, 0.4) is 0 Å². The molecule has 7 heteroatoms. The first-order chi connectivity index (χ1) is 19.5. The van der Waals surface area contributed by atoms with Crippen LogP contribution in [-0.4, -0.2) is 31.3 Å². The summed E-state index contributed by atoms with van der Waals surface area (Å²) in [6, 6.07) is 30.9. The normalized spacial score (nSPS) is 19.5. The molecule has 0 saturated heterocycles. The molecule has 2 atom stereocenters. The van der Waals surface area contributed by atoms with E-state index in [0.717, 1.165) is 11.1 Å². The molecule has 0 radical (unpaired) electrons. The van der Waals surface area contributed by atoms with Gasteiger partial charge in [0.25, 0.3) is 0 Å². The van der Waals surface area contributed by atoms with Crippen molar-refractivity contribution in [1.82, 2.24) is 0 Å². The summed E-state index contributed by atoms with van der Waals surface area (Å²) in [5, 5.41) is 20.1. The average molecular weight is 534 g/mol. The number of methoxy groups -OCH3 is 2. The summed E-state index contributed by atoms with van der Waals surface area (Å²) in [7, 11) is 3.01. The molecule has 1 aliphatic rings. The maximum atomic E-state index is 14.0. The van der Waals surface area contributed by atoms with Crippen LogP contribution < -0.4 is 14.2 Å². The van der Waals surface area contributed by atoms with E-state index in [1.165, 1.54) is 14.2 Å². The second-order valence-corrected chi connectivity index (χ2v) is 9.54. The van der Waals surface area contributed by atoms with Gasteiger partial charge in [-0.15, -0.1) is 0 Å². The second kappa shape index (κ2) is 11.3. The number of rotatable bonds is 8. The SMILES string of the molecule is COc1ccccc1[C@@H]1[C@H](C(=O)O)[C@@H](c2ccccc2OC)[C@H]1C(=O)Oc1cc(-c2ccccc2)ccc1C#N. The largest absolute Gasteiger partial charge is 0.496 e. The zero-order valence-corrected chi connectivity index (χ0v) is 22.0. The van der Waals surface area contributed by atoms with Crippen molar-refractivity contribution in [2.24, 2.45) is 11.8 Å². The molecule has 5 rings (SSSR count). The van der Waals surface area contributed by atoms with Crippen LogP contribution in [0.2, 0.25) is 0 Å². The van der Waals surface area contributed by atoms with Crippen LogP contribution in [0.25, 0.3) is 11.1 Å². The Labute approximate surface area is 232 Å². The third-order valence-corrected chi connectivity index (χ3v) is 7.52. The number of carbonyl (C=O) groups excluding carboxylic acids is 1. The predicted octanol–water partition coefficient (Wildman–Crippen LogP) is 6.05. The smallest absolute Gasteiger partial charge is 0.315 e. The highest BCUT2D eigenvalue weighted by Crippen LogP contribution is 2.60. The van der Waals surface area contributed by atoms with Crippen LogP contribution in [0.15, 0.2) is 97.1 Å². The van der Waals surface area contributed by atoms with Gasteiger partial charge in [0.1, 0.15) is 23.3 Å². The van der Waals surface area contributed by atoms with E-state index in [1.54, 1.807) is 66.7 Å². The molecule has 1 N–H and O–H groups in total. The Balaban J connectivity index is 1.60. The third-order valence-electron chi connectivity index (χ3n) is 7.52. The summed E-state index contributed by atoms with van der Waals surface area (Å²) in [5.74, 6) is -3.90. The fraction of sp³-hybridized carbons (Fsp3) is 0.182. The van der Waals surface area contributed by atoms with Gasteiger partial charge in [-0.25, -0.2) is 0 Å². The van der Waals surface area contributed by atoms with E-state index in [-0.39, 0.29) is 11.3 Å². The summed E-state index contributed by atoms with van der Waals surface area (Å²) in [6.07, 6.45) is 0. The topological polar surface area (TPSA) is 106 Å². The Morgan fingerprint density at radius 2 is 1.25 bits per heavy atom. The number of ether oxygens (including phenoxy) is 3. The first-order valence-electron chi connectivity index (χ1n) is 12.8. The minimum atomic E-state index is -1.04. The van der Waals surface area contributed by atoms with E-state index < -0.39 is 35.6 Å². The van der Waals surface area contributed by atoms with Gasteiger partial charge in [0.2, 0.25) is 0 Å². The molecular weight excluding hydrogens is 506 g/mol. The molecule has 4 aromatic carbocycles. The van der Waals surface area contributed by atoms with E-state index >= 15 is 0 Å². The fourth-order valence-electron chi connectivity index (χ4n) is 5.69. The number of carboxylic acid groups (broad SMARTS) is 1. The lowest BCUT2D eigenvalue weighted by Crippen LogP contribution is -2.52. The van der Waals surface area contributed by atoms with Crippen molar-refractivity contribution in [3.05, 3.63) is 114 Å². The van der Waals surface area contributed by atoms with Crippen LogP contribution in [-0.2, 0) is 9.59 Å². The number of hydrogen-bond donors (Lipinski definition) is 1. The van der Waals surface area contributed by atoms with E-state index in [1.807, 2.05) is 30.3 Å². The number of nitrogens with zero attached hydrogens (tertiary/aromatic N) is 1. The number of para-hydroxylation sites is 2. The lowest BCUT2D eigenvalue weighted by Gasteiger charge is -2.49. The maximum Gasteiger partial charge on any atom is 0.315 e. The lowest BCUT2D eigenvalue weighted by atomic mass is 9.52. The van der Waals surface area contributed by atoms with Gasteiger partial charge >= 0.3 is 11.9 Å². The summed E-state index contributed by atoms with van der Waals surface area (Å²) in [5.41, 5.74) is 3.08. The standard InChI is InChI=1S/C33H27NO6/c1-38-25-14-8-6-12-23(25)28-30(32(35)36)29(24-13-7-9-15-26(24)39-2)31(28)33(37)40-27-18-21(16-17-22(27)19-34)20-10-4-3-5-11-20/h3-18,28-31H,1-2H3,(H,35,36)/t28-,29-,30-,31-/m1/s1. The van der Waals surface area contributed by atoms with Crippen LogP contribution >= 0.6 is 0 Å². The molecule has 0 aliphatic heterocycles.